The number of alkyl halides is 1. The summed E-state index contributed by atoms with van der Waals surface area (Å²) in [7, 11) is 0. The van der Waals surface area contributed by atoms with E-state index in [1.165, 1.54) is 0 Å². The van der Waals surface area contributed by atoms with Gasteiger partial charge in [-0.05, 0) is 12.8 Å². The van der Waals surface area contributed by atoms with E-state index in [0.717, 1.165) is 24.1 Å². The number of rotatable bonds is 0. The van der Waals surface area contributed by atoms with Crippen LogP contribution in [0.15, 0.2) is 0 Å². The van der Waals surface area contributed by atoms with Gasteiger partial charge >= 0.3 is 0 Å². The number of hydrogen-bond acceptors (Lipinski definition) is 0. The van der Waals surface area contributed by atoms with Crippen LogP contribution in [0.2, 0.25) is 0 Å². The molecule has 1 rings (SSSR count). The zero-order valence-electron chi connectivity index (χ0n) is 4.66. The second kappa shape index (κ2) is 2.72. The lowest BCUT2D eigenvalue weighted by Crippen LogP contribution is -2.09. The first kappa shape index (κ1) is 6.40. The van der Waals surface area contributed by atoms with Crippen LogP contribution in [0.3, 0.4) is 0 Å². The molecule has 0 spiro atoms. The highest BCUT2D eigenvalue weighted by Gasteiger charge is 2.28. The third-order valence-electron chi connectivity index (χ3n) is 1.41. The van der Waals surface area contributed by atoms with Gasteiger partial charge in [0.1, 0.15) is 19.0 Å². The molecule has 1 aliphatic carbocycles. The minimum Gasteiger partial charge on any atom is -0.243 e. The minimum absolute atomic E-state index is 0.571. The molecular weight excluding hydrogens is 171 g/mol. The van der Waals surface area contributed by atoms with Crippen LogP contribution in [0.4, 0.5) is 4.39 Å². The van der Waals surface area contributed by atoms with E-state index in [1.807, 2.05) is 0 Å². The van der Waals surface area contributed by atoms with Gasteiger partial charge in [0.25, 0.3) is 0 Å². The zero-order valence-corrected chi connectivity index (χ0v) is 6.25. The van der Waals surface area contributed by atoms with Gasteiger partial charge in [-0.2, -0.15) is 0 Å². The molecule has 46 valence electrons. The fourth-order valence-corrected chi connectivity index (χ4v) is 1.59. The fraction of sp³-hybridized carbons (Fsp3) is 0.833. The van der Waals surface area contributed by atoms with Crippen LogP contribution >= 0.6 is 15.9 Å². The van der Waals surface area contributed by atoms with E-state index in [2.05, 4.69) is 15.9 Å². The summed E-state index contributed by atoms with van der Waals surface area (Å²) in [6.07, 6.45) is 2.91. The molecule has 0 N–H and O–H groups in total. The van der Waals surface area contributed by atoms with Crippen molar-refractivity contribution in [3.8, 4) is 0 Å². The quantitative estimate of drug-likeness (QED) is 0.503. The van der Waals surface area contributed by atoms with E-state index in [9.17, 15) is 4.39 Å². The molecule has 1 saturated carbocycles. The van der Waals surface area contributed by atoms with Gasteiger partial charge in [-0.25, -0.2) is 4.39 Å². The Balaban J connectivity index is 2.23. The molecule has 1 atom stereocenters. The van der Waals surface area contributed by atoms with Gasteiger partial charge in [0.2, 0.25) is 0 Å². The summed E-state index contributed by atoms with van der Waals surface area (Å²) in [5, 5.41) is 0. The van der Waals surface area contributed by atoms with Crippen molar-refractivity contribution in [2.24, 2.45) is 0 Å². The molecule has 8 heavy (non-hydrogen) atoms. The summed E-state index contributed by atoms with van der Waals surface area (Å²) in [6.45, 7) is 0. The molecule has 0 saturated heterocycles. The van der Waals surface area contributed by atoms with E-state index in [4.69, 9.17) is 0 Å². The minimum atomic E-state index is -0.571. The molecule has 0 radical (unpaired) electrons. The molecule has 0 aromatic heterocycles. The largest absolute Gasteiger partial charge is 0.243 e. The average Bonchev–Trinajstić information content (AvgIpc) is 1.64. The lowest BCUT2D eigenvalue weighted by atomic mass is 9.99. The van der Waals surface area contributed by atoms with Gasteiger partial charge in [0, 0.05) is 0 Å². The van der Waals surface area contributed by atoms with Crippen LogP contribution in [0.25, 0.3) is 0 Å². The molecule has 1 aliphatic rings. The van der Waals surface area contributed by atoms with Crippen LogP contribution < -0.4 is 0 Å². The summed E-state index contributed by atoms with van der Waals surface area (Å²) in [5.74, 6) is 0. The van der Waals surface area contributed by atoms with Crippen LogP contribution in [0.5, 0.6) is 0 Å². The molecule has 1 fully saturated rings. The van der Waals surface area contributed by atoms with Crippen LogP contribution in [0.1, 0.15) is 25.7 Å². The van der Waals surface area contributed by atoms with Gasteiger partial charge in [-0.3, -0.25) is 0 Å². The summed E-state index contributed by atoms with van der Waals surface area (Å²) >= 11 is 3.31. The van der Waals surface area contributed by atoms with Crippen molar-refractivity contribution in [3.63, 3.8) is 0 Å². The average molecular weight is 180 g/mol. The van der Waals surface area contributed by atoms with Crippen molar-refractivity contribution >= 4 is 15.9 Å². The van der Waals surface area contributed by atoms with Gasteiger partial charge in [-0.1, -0.05) is 0 Å². The van der Waals surface area contributed by atoms with E-state index in [1.54, 1.807) is 0 Å². The van der Waals surface area contributed by atoms with Gasteiger partial charge in [0.05, 0.1) is 0 Å². The van der Waals surface area contributed by atoms with E-state index < -0.39 is 6.17 Å². The predicted molar refractivity (Wildman–Crippen MR) is 35.5 cm³/mol. The van der Waals surface area contributed by atoms with Crippen LogP contribution in [0, 0.1) is 4.83 Å². The first-order valence-electron chi connectivity index (χ1n) is 2.93. The van der Waals surface area contributed by atoms with Crippen molar-refractivity contribution in [1.82, 2.24) is 0 Å². The fourth-order valence-electron chi connectivity index (χ4n) is 0.960. The molecular formula is C6H9BrF+. The molecule has 2 heteroatoms. The molecule has 1 unspecified atom stereocenters. The van der Waals surface area contributed by atoms with Gasteiger partial charge in [0.15, 0.2) is 20.8 Å². The van der Waals surface area contributed by atoms with Gasteiger partial charge < -0.3 is 0 Å². The zero-order chi connectivity index (χ0) is 5.98. The predicted octanol–water partition coefficient (Wildman–Crippen LogP) is 2.83. The Morgan fingerprint density at radius 2 is 2.38 bits per heavy atom. The maximum absolute atomic E-state index is 12.4. The highest BCUT2D eigenvalue weighted by atomic mass is 79.9. The molecule has 0 aromatic rings. The Morgan fingerprint density at radius 3 is 2.75 bits per heavy atom. The lowest BCUT2D eigenvalue weighted by Gasteiger charge is -2.09. The first-order chi connectivity index (χ1) is 3.79. The second-order valence-electron chi connectivity index (χ2n) is 2.21. The third-order valence-corrected chi connectivity index (χ3v) is 2.13. The van der Waals surface area contributed by atoms with Crippen LogP contribution in [-0.2, 0) is 0 Å². The standard InChI is InChI=1S/C6H9BrF/c7-5-2-1-3-6(8)4-5/h6H,1-4H2/q+1. The molecule has 0 heterocycles. The Kier molecular flexibility index (Phi) is 2.17. The monoisotopic (exact) mass is 179 g/mol. The Labute approximate surface area is 57.6 Å². The number of halogens is 2. The normalized spacial score (nSPS) is 30.8. The van der Waals surface area contributed by atoms with Crippen molar-refractivity contribution in [3.05, 3.63) is 4.83 Å². The highest BCUT2D eigenvalue weighted by Crippen LogP contribution is 2.31. The maximum atomic E-state index is 12.4. The van der Waals surface area contributed by atoms with E-state index in [-0.39, 0.29) is 0 Å². The molecule has 0 aliphatic heterocycles. The lowest BCUT2D eigenvalue weighted by molar-refractivity contribution is 0.278. The van der Waals surface area contributed by atoms with Crippen LogP contribution in [-0.4, -0.2) is 6.17 Å². The maximum Gasteiger partial charge on any atom is 0.198 e. The summed E-state index contributed by atoms with van der Waals surface area (Å²) < 4.78 is 12.4. The van der Waals surface area contributed by atoms with Crippen molar-refractivity contribution in [2.75, 3.05) is 0 Å². The smallest absolute Gasteiger partial charge is 0.198 e. The van der Waals surface area contributed by atoms with E-state index in [0.29, 0.717) is 6.42 Å². The Bertz CT molecular complexity index is 66.9. The van der Waals surface area contributed by atoms with Crippen molar-refractivity contribution in [2.45, 2.75) is 31.9 Å². The summed E-state index contributed by atoms with van der Waals surface area (Å²) in [4.78, 5) is 1.15. The Hall–Kier alpha value is 0.280. The second-order valence-corrected chi connectivity index (χ2v) is 3.33. The third kappa shape index (κ3) is 1.66. The van der Waals surface area contributed by atoms with E-state index >= 15 is 0 Å². The highest BCUT2D eigenvalue weighted by molar-refractivity contribution is 9.11. The topological polar surface area (TPSA) is 0 Å². The molecule has 0 aromatic carbocycles. The molecule has 0 bridgehead atoms. The van der Waals surface area contributed by atoms with Crippen molar-refractivity contribution in [1.29, 1.82) is 0 Å². The SMILES string of the molecule is FC1CCC[C+](Br)C1. The molecule has 0 amide bonds. The molecule has 0 nitrogen and oxygen atoms in total. The number of hydrogen-bond donors (Lipinski definition) is 0. The Morgan fingerprint density at radius 1 is 1.62 bits per heavy atom. The van der Waals surface area contributed by atoms with Gasteiger partial charge in [-0.15, -0.1) is 0 Å². The van der Waals surface area contributed by atoms with Crippen molar-refractivity contribution < 1.29 is 4.39 Å². The summed E-state index contributed by atoms with van der Waals surface area (Å²) in [5.41, 5.74) is 0. The first-order valence-corrected chi connectivity index (χ1v) is 3.72. The summed E-state index contributed by atoms with van der Waals surface area (Å²) in [6, 6.07) is 0.